The summed E-state index contributed by atoms with van der Waals surface area (Å²) in [6.07, 6.45) is 3.75. The van der Waals surface area contributed by atoms with Gasteiger partial charge in [-0.2, -0.15) is 0 Å². The van der Waals surface area contributed by atoms with E-state index in [2.05, 4.69) is 20.3 Å². The maximum absolute atomic E-state index is 12.5. The molecule has 1 aromatic carbocycles. The number of H-pyrrole nitrogens is 1. The summed E-state index contributed by atoms with van der Waals surface area (Å²) >= 11 is 6.16. The number of nitrogens with zero attached hydrogens (tertiary/aromatic N) is 3. The largest absolute Gasteiger partial charge is 0.347 e. The number of rotatable bonds is 6. The molecule has 1 aliphatic rings. The molecule has 29 heavy (non-hydrogen) atoms. The molecule has 0 unspecified atom stereocenters. The van der Waals surface area contributed by atoms with Crippen molar-refractivity contribution < 1.29 is 4.79 Å². The topological polar surface area (TPSA) is 91.0 Å². The highest BCUT2D eigenvalue weighted by molar-refractivity contribution is 6.35. The van der Waals surface area contributed by atoms with E-state index in [0.29, 0.717) is 34.6 Å². The Kier molecular flexibility index (Phi) is 5.24. The maximum atomic E-state index is 12.5. The fraction of sp³-hybridized carbons (Fsp3) is 0.333. The van der Waals surface area contributed by atoms with E-state index in [1.807, 2.05) is 30.0 Å². The SMILES string of the molecule is CC(=O)N(Cc1ccnc(N[C@@H](C)c2cc3cccc(Cl)c3[nH]c2=O)n1)C1CC1. The summed E-state index contributed by atoms with van der Waals surface area (Å²) in [6.45, 7) is 3.92. The zero-order chi connectivity index (χ0) is 20.5. The lowest BCUT2D eigenvalue weighted by Crippen LogP contribution is -2.30. The summed E-state index contributed by atoms with van der Waals surface area (Å²) in [5, 5.41) is 4.55. The van der Waals surface area contributed by atoms with Crippen molar-refractivity contribution in [1.29, 1.82) is 0 Å². The lowest BCUT2D eigenvalue weighted by Gasteiger charge is -2.20. The van der Waals surface area contributed by atoms with Crippen LogP contribution in [0.3, 0.4) is 0 Å². The van der Waals surface area contributed by atoms with Gasteiger partial charge in [0.2, 0.25) is 11.9 Å². The first kappa shape index (κ1) is 19.4. The number of amides is 1. The van der Waals surface area contributed by atoms with Gasteiger partial charge in [0.05, 0.1) is 28.8 Å². The fourth-order valence-electron chi connectivity index (χ4n) is 3.42. The number of nitrogens with one attached hydrogen (secondary N) is 2. The Bertz CT molecular complexity index is 1130. The van der Waals surface area contributed by atoms with Gasteiger partial charge in [0.25, 0.3) is 5.56 Å². The Balaban J connectivity index is 1.55. The highest BCUT2D eigenvalue weighted by atomic mass is 35.5. The number of aromatic amines is 1. The van der Waals surface area contributed by atoms with Crippen molar-refractivity contribution in [3.8, 4) is 0 Å². The van der Waals surface area contributed by atoms with Gasteiger partial charge in [-0.05, 0) is 38.0 Å². The minimum absolute atomic E-state index is 0.0512. The molecule has 4 rings (SSSR count). The van der Waals surface area contributed by atoms with Crippen LogP contribution in [0.5, 0.6) is 0 Å². The first-order valence-corrected chi connectivity index (χ1v) is 9.97. The lowest BCUT2D eigenvalue weighted by atomic mass is 10.1. The number of benzene rings is 1. The second-order valence-corrected chi connectivity index (χ2v) is 7.78. The fourth-order valence-corrected chi connectivity index (χ4v) is 3.65. The predicted molar refractivity (Wildman–Crippen MR) is 113 cm³/mol. The van der Waals surface area contributed by atoms with Gasteiger partial charge < -0.3 is 15.2 Å². The van der Waals surface area contributed by atoms with Gasteiger partial charge in [-0.25, -0.2) is 9.97 Å². The number of halogens is 1. The van der Waals surface area contributed by atoms with E-state index < -0.39 is 0 Å². The third kappa shape index (κ3) is 4.24. The molecule has 3 aromatic rings. The van der Waals surface area contributed by atoms with Crippen LogP contribution in [0.25, 0.3) is 10.9 Å². The number of aromatic nitrogens is 3. The van der Waals surface area contributed by atoms with E-state index >= 15 is 0 Å². The quantitative estimate of drug-likeness (QED) is 0.646. The molecule has 1 aliphatic carbocycles. The Hall–Kier alpha value is -2.93. The number of anilines is 1. The lowest BCUT2D eigenvalue weighted by molar-refractivity contribution is -0.130. The Morgan fingerprint density at radius 1 is 1.38 bits per heavy atom. The average molecular weight is 412 g/mol. The third-order valence-corrected chi connectivity index (χ3v) is 5.42. The van der Waals surface area contributed by atoms with Crippen molar-refractivity contribution in [1.82, 2.24) is 19.9 Å². The van der Waals surface area contributed by atoms with Gasteiger partial charge >= 0.3 is 0 Å². The van der Waals surface area contributed by atoms with Gasteiger partial charge in [-0.3, -0.25) is 9.59 Å². The van der Waals surface area contributed by atoms with E-state index in [-0.39, 0.29) is 17.5 Å². The van der Waals surface area contributed by atoms with Crippen LogP contribution < -0.4 is 10.9 Å². The maximum Gasteiger partial charge on any atom is 0.253 e. The summed E-state index contributed by atoms with van der Waals surface area (Å²) in [5.41, 5.74) is 1.74. The number of carbonyl (C=O) groups is 1. The molecule has 1 amide bonds. The molecule has 2 heterocycles. The van der Waals surface area contributed by atoms with E-state index in [9.17, 15) is 9.59 Å². The van der Waals surface area contributed by atoms with Gasteiger partial charge in [0.1, 0.15) is 0 Å². The minimum atomic E-state index is -0.315. The smallest absolute Gasteiger partial charge is 0.253 e. The van der Waals surface area contributed by atoms with Crippen LogP contribution in [-0.4, -0.2) is 31.8 Å². The molecule has 150 valence electrons. The van der Waals surface area contributed by atoms with Crippen molar-refractivity contribution in [3.05, 3.63) is 63.2 Å². The van der Waals surface area contributed by atoms with Crippen LogP contribution in [0, 0.1) is 0 Å². The number of pyridine rings is 1. The van der Waals surface area contributed by atoms with Crippen molar-refractivity contribution in [2.75, 3.05) is 5.32 Å². The highest BCUT2D eigenvalue weighted by Gasteiger charge is 2.31. The van der Waals surface area contributed by atoms with Gasteiger partial charge in [-0.15, -0.1) is 0 Å². The molecule has 2 aromatic heterocycles. The zero-order valence-electron chi connectivity index (χ0n) is 16.3. The van der Waals surface area contributed by atoms with E-state index in [0.717, 1.165) is 23.9 Å². The zero-order valence-corrected chi connectivity index (χ0v) is 17.0. The van der Waals surface area contributed by atoms with Crippen LogP contribution in [0.4, 0.5) is 5.95 Å². The summed E-state index contributed by atoms with van der Waals surface area (Å²) in [5.74, 6) is 0.468. The molecule has 2 N–H and O–H groups in total. The molecule has 1 saturated carbocycles. The number of carbonyl (C=O) groups excluding carboxylic acids is 1. The Labute approximate surface area is 173 Å². The summed E-state index contributed by atoms with van der Waals surface area (Å²) in [6, 6.07) is 9.12. The van der Waals surface area contributed by atoms with Crippen molar-refractivity contribution >= 4 is 34.4 Å². The Morgan fingerprint density at radius 3 is 2.90 bits per heavy atom. The molecule has 8 heteroatoms. The molecule has 0 spiro atoms. The molecule has 0 radical (unpaired) electrons. The standard InChI is InChI=1S/C21H22ClN5O2/c1-12(17-10-14-4-3-5-18(22)19(14)26-20(17)29)24-21-23-9-8-15(25-21)11-27(13(2)28)16-6-7-16/h3-5,8-10,12,16H,6-7,11H2,1-2H3,(H,26,29)(H,23,24,25)/t12-/m0/s1. The number of fused-ring (bicyclic) bond motifs is 1. The second kappa shape index (κ2) is 7.83. The monoisotopic (exact) mass is 411 g/mol. The number of hydrogen-bond donors (Lipinski definition) is 2. The van der Waals surface area contributed by atoms with Crippen LogP contribution >= 0.6 is 11.6 Å². The first-order chi connectivity index (χ1) is 13.9. The molecule has 7 nitrogen and oxygen atoms in total. The van der Waals surface area contributed by atoms with Crippen molar-refractivity contribution in [2.24, 2.45) is 0 Å². The molecule has 0 bridgehead atoms. The van der Waals surface area contributed by atoms with Crippen LogP contribution in [-0.2, 0) is 11.3 Å². The predicted octanol–water partition coefficient (Wildman–Crippen LogP) is 3.66. The van der Waals surface area contributed by atoms with Crippen molar-refractivity contribution in [3.63, 3.8) is 0 Å². The normalized spacial score (nSPS) is 14.6. The molecule has 1 atom stereocenters. The molecule has 0 saturated heterocycles. The Morgan fingerprint density at radius 2 is 2.17 bits per heavy atom. The van der Waals surface area contributed by atoms with Crippen LogP contribution in [0.1, 0.15) is 44.0 Å². The van der Waals surface area contributed by atoms with E-state index in [1.54, 1.807) is 25.3 Å². The summed E-state index contributed by atoms with van der Waals surface area (Å²) in [4.78, 5) is 37.9. The number of para-hydroxylation sites is 1. The first-order valence-electron chi connectivity index (χ1n) is 9.59. The van der Waals surface area contributed by atoms with Gasteiger partial charge in [-0.1, -0.05) is 23.7 Å². The molecular weight excluding hydrogens is 390 g/mol. The van der Waals surface area contributed by atoms with Gasteiger partial charge in [0, 0.05) is 30.1 Å². The molecular formula is C21H22ClN5O2. The second-order valence-electron chi connectivity index (χ2n) is 7.37. The summed E-state index contributed by atoms with van der Waals surface area (Å²) in [7, 11) is 0. The van der Waals surface area contributed by atoms with E-state index in [1.165, 1.54) is 0 Å². The van der Waals surface area contributed by atoms with E-state index in [4.69, 9.17) is 11.6 Å². The number of hydrogen-bond acceptors (Lipinski definition) is 5. The van der Waals surface area contributed by atoms with Crippen LogP contribution in [0.15, 0.2) is 41.3 Å². The van der Waals surface area contributed by atoms with Crippen molar-refractivity contribution in [2.45, 2.75) is 45.3 Å². The average Bonchev–Trinajstić information content (AvgIpc) is 3.51. The third-order valence-electron chi connectivity index (χ3n) is 5.11. The van der Waals surface area contributed by atoms with Crippen LogP contribution in [0.2, 0.25) is 5.02 Å². The van der Waals surface area contributed by atoms with Gasteiger partial charge in [0.15, 0.2) is 0 Å². The molecule has 0 aliphatic heterocycles. The minimum Gasteiger partial charge on any atom is -0.347 e. The highest BCUT2D eigenvalue weighted by Crippen LogP contribution is 2.28. The summed E-state index contributed by atoms with van der Waals surface area (Å²) < 4.78 is 0. The molecule has 1 fully saturated rings.